The van der Waals surface area contributed by atoms with Crippen molar-refractivity contribution in [1.29, 1.82) is 0 Å². The maximum absolute atomic E-state index is 10.8. The Balaban J connectivity index is 2.21. The lowest BCUT2D eigenvalue weighted by Crippen LogP contribution is -2.22. The summed E-state index contributed by atoms with van der Waals surface area (Å²) < 4.78 is 0. The van der Waals surface area contributed by atoms with Crippen molar-refractivity contribution >= 4 is 6.29 Å². The molecule has 0 aliphatic rings. The van der Waals surface area contributed by atoms with Gasteiger partial charge in [-0.2, -0.15) is 0 Å². The molecule has 0 bridgehead atoms. The van der Waals surface area contributed by atoms with Crippen LogP contribution in [0.5, 0.6) is 0 Å². The van der Waals surface area contributed by atoms with Crippen molar-refractivity contribution in [1.82, 2.24) is 4.90 Å². The Kier molecular flexibility index (Phi) is 6.35. The molecule has 0 aromatic heterocycles. The van der Waals surface area contributed by atoms with Crippen LogP contribution in [-0.2, 0) is 4.79 Å². The van der Waals surface area contributed by atoms with E-state index in [9.17, 15) is 4.79 Å². The normalized spacial score (nSPS) is 13.8. The fourth-order valence-corrected chi connectivity index (χ4v) is 3.00. The van der Waals surface area contributed by atoms with Gasteiger partial charge in [0.25, 0.3) is 0 Å². The summed E-state index contributed by atoms with van der Waals surface area (Å²) in [5, 5.41) is 0. The molecule has 0 radical (unpaired) electrons. The summed E-state index contributed by atoms with van der Waals surface area (Å²) in [5.41, 5.74) is 2.66. The van der Waals surface area contributed by atoms with Crippen LogP contribution in [0, 0.1) is 0 Å². The monoisotopic (exact) mass is 295 g/mol. The Bertz CT molecular complexity index is 550. The number of carbonyl (C=O) groups is 1. The molecule has 0 aliphatic heterocycles. The van der Waals surface area contributed by atoms with E-state index in [0.717, 1.165) is 19.1 Å². The molecule has 2 rings (SSSR count). The van der Waals surface area contributed by atoms with E-state index in [-0.39, 0.29) is 0 Å². The van der Waals surface area contributed by atoms with Gasteiger partial charge >= 0.3 is 0 Å². The van der Waals surface area contributed by atoms with Gasteiger partial charge < -0.3 is 9.69 Å². The first-order valence-electron chi connectivity index (χ1n) is 7.92. The van der Waals surface area contributed by atoms with Gasteiger partial charge in [0.05, 0.1) is 0 Å². The van der Waals surface area contributed by atoms with E-state index in [1.807, 2.05) is 6.07 Å². The van der Waals surface area contributed by atoms with Crippen LogP contribution in [0.25, 0.3) is 0 Å². The number of rotatable bonds is 8. The first-order chi connectivity index (χ1) is 10.7. The summed E-state index contributed by atoms with van der Waals surface area (Å²) >= 11 is 0. The maximum Gasteiger partial charge on any atom is 0.120 e. The highest BCUT2D eigenvalue weighted by Crippen LogP contribution is 2.33. The molecule has 22 heavy (non-hydrogen) atoms. The van der Waals surface area contributed by atoms with Crippen molar-refractivity contribution in [2.75, 3.05) is 14.1 Å². The molecule has 2 heteroatoms. The van der Waals surface area contributed by atoms with Crippen molar-refractivity contribution in [3.05, 3.63) is 71.8 Å². The largest absolute Gasteiger partial charge is 0.303 e. The van der Waals surface area contributed by atoms with Gasteiger partial charge in [-0.1, -0.05) is 60.7 Å². The summed E-state index contributed by atoms with van der Waals surface area (Å²) in [7, 11) is 4.25. The molecule has 116 valence electrons. The van der Waals surface area contributed by atoms with Gasteiger partial charge in [0.2, 0.25) is 0 Å². The van der Waals surface area contributed by atoms with E-state index < -0.39 is 0 Å². The Morgan fingerprint density at radius 2 is 1.45 bits per heavy atom. The summed E-state index contributed by atoms with van der Waals surface area (Å²) in [6, 6.07) is 21.5. The Morgan fingerprint density at radius 3 is 1.95 bits per heavy atom. The molecule has 0 saturated carbocycles. The number of hydrogen-bond donors (Lipinski definition) is 0. The molecule has 2 atom stereocenters. The predicted molar refractivity (Wildman–Crippen MR) is 92.0 cm³/mol. The fourth-order valence-electron chi connectivity index (χ4n) is 3.00. The van der Waals surface area contributed by atoms with E-state index in [1.54, 1.807) is 0 Å². The molecular formula is C20H25NO. The van der Waals surface area contributed by atoms with Crippen LogP contribution in [0.1, 0.15) is 42.3 Å². The van der Waals surface area contributed by atoms with Gasteiger partial charge in [-0.05, 0) is 44.0 Å². The molecule has 0 heterocycles. The molecule has 2 aromatic rings. The van der Waals surface area contributed by atoms with Crippen molar-refractivity contribution in [3.8, 4) is 0 Å². The molecule has 0 amide bonds. The van der Waals surface area contributed by atoms with Crippen molar-refractivity contribution in [2.24, 2.45) is 0 Å². The minimum Gasteiger partial charge on any atom is -0.303 e. The molecule has 2 nitrogen and oxygen atoms in total. The van der Waals surface area contributed by atoms with E-state index >= 15 is 0 Å². The zero-order valence-electron chi connectivity index (χ0n) is 13.5. The van der Waals surface area contributed by atoms with Gasteiger partial charge in [-0.25, -0.2) is 0 Å². The fraction of sp³-hybridized carbons (Fsp3) is 0.350. The summed E-state index contributed by atoms with van der Waals surface area (Å²) in [6.07, 6.45) is 3.58. The van der Waals surface area contributed by atoms with Crippen molar-refractivity contribution in [2.45, 2.75) is 31.2 Å². The predicted octanol–water partition coefficient (Wildman–Crippen LogP) is 4.44. The molecule has 0 saturated heterocycles. The number of aldehydes is 1. The van der Waals surface area contributed by atoms with E-state index in [2.05, 4.69) is 73.6 Å². The second-order valence-corrected chi connectivity index (χ2v) is 5.98. The molecule has 2 aromatic carbocycles. The second-order valence-electron chi connectivity index (χ2n) is 5.98. The van der Waals surface area contributed by atoms with Crippen LogP contribution >= 0.6 is 0 Å². The first-order valence-corrected chi connectivity index (χ1v) is 7.92. The highest BCUT2D eigenvalue weighted by Gasteiger charge is 2.21. The SMILES string of the molecule is CN(C)C(CC(CCC=O)c1ccccc1)c1ccccc1. The van der Waals surface area contributed by atoms with E-state index in [0.29, 0.717) is 18.4 Å². The Labute approximate surface area is 133 Å². The topological polar surface area (TPSA) is 20.3 Å². The van der Waals surface area contributed by atoms with Gasteiger partial charge in [-0.15, -0.1) is 0 Å². The van der Waals surface area contributed by atoms with Crippen LogP contribution in [0.3, 0.4) is 0 Å². The van der Waals surface area contributed by atoms with Gasteiger partial charge in [0.15, 0.2) is 0 Å². The highest BCUT2D eigenvalue weighted by molar-refractivity contribution is 5.49. The van der Waals surface area contributed by atoms with Crippen LogP contribution in [-0.4, -0.2) is 25.3 Å². The number of carbonyl (C=O) groups excluding carboxylic acids is 1. The van der Waals surface area contributed by atoms with E-state index in [1.165, 1.54) is 11.1 Å². The second kappa shape index (κ2) is 8.50. The number of benzene rings is 2. The molecule has 0 N–H and O–H groups in total. The summed E-state index contributed by atoms with van der Waals surface area (Å²) in [5.74, 6) is 0.402. The van der Waals surface area contributed by atoms with E-state index in [4.69, 9.17) is 0 Å². The lowest BCUT2D eigenvalue weighted by atomic mass is 9.86. The number of hydrogen-bond acceptors (Lipinski definition) is 2. The molecule has 0 fully saturated rings. The van der Waals surface area contributed by atoms with Crippen LogP contribution < -0.4 is 0 Å². The van der Waals surface area contributed by atoms with Crippen molar-refractivity contribution in [3.63, 3.8) is 0 Å². The minimum absolute atomic E-state index is 0.359. The van der Waals surface area contributed by atoms with Crippen LogP contribution in [0.4, 0.5) is 0 Å². The maximum atomic E-state index is 10.8. The smallest absolute Gasteiger partial charge is 0.120 e. The third-order valence-corrected chi connectivity index (χ3v) is 4.22. The van der Waals surface area contributed by atoms with Crippen LogP contribution in [0.15, 0.2) is 60.7 Å². The zero-order chi connectivity index (χ0) is 15.8. The Hall–Kier alpha value is -1.93. The molecule has 2 unspecified atom stereocenters. The molecule has 0 aliphatic carbocycles. The third kappa shape index (κ3) is 4.54. The lowest BCUT2D eigenvalue weighted by molar-refractivity contribution is -0.108. The average Bonchev–Trinajstić information content (AvgIpc) is 2.56. The first kappa shape index (κ1) is 16.4. The van der Waals surface area contributed by atoms with Crippen molar-refractivity contribution < 1.29 is 4.79 Å². The summed E-state index contributed by atoms with van der Waals surface area (Å²) in [4.78, 5) is 13.1. The minimum atomic E-state index is 0.359. The standard InChI is InChI=1S/C20H25NO/c1-21(2)20(18-12-7-4-8-13-18)16-19(14-9-15-22)17-10-5-3-6-11-17/h3-8,10-13,15,19-20H,9,14,16H2,1-2H3. The number of nitrogens with zero attached hydrogens (tertiary/aromatic N) is 1. The molecular weight excluding hydrogens is 270 g/mol. The molecule has 0 spiro atoms. The zero-order valence-corrected chi connectivity index (χ0v) is 13.5. The quantitative estimate of drug-likeness (QED) is 0.671. The Morgan fingerprint density at radius 1 is 0.909 bits per heavy atom. The average molecular weight is 295 g/mol. The van der Waals surface area contributed by atoms with Gasteiger partial charge in [0.1, 0.15) is 6.29 Å². The highest BCUT2D eigenvalue weighted by atomic mass is 16.1. The third-order valence-electron chi connectivity index (χ3n) is 4.22. The lowest BCUT2D eigenvalue weighted by Gasteiger charge is -2.29. The summed E-state index contributed by atoms with van der Waals surface area (Å²) in [6.45, 7) is 0. The van der Waals surface area contributed by atoms with Gasteiger partial charge in [0, 0.05) is 12.5 Å². The van der Waals surface area contributed by atoms with Crippen LogP contribution in [0.2, 0.25) is 0 Å². The van der Waals surface area contributed by atoms with Gasteiger partial charge in [-0.3, -0.25) is 0 Å².